The molecule has 0 atom stereocenters. The topological polar surface area (TPSA) is 71.8 Å². The summed E-state index contributed by atoms with van der Waals surface area (Å²) in [7, 11) is 0. The van der Waals surface area contributed by atoms with Gasteiger partial charge in [-0.3, -0.25) is 9.30 Å². The van der Waals surface area contributed by atoms with Gasteiger partial charge in [-0.05, 0) is 61.9 Å². The number of anilines is 3. The standard InChI is InChI=1S/C29H29F3N6O/c1-18(2)36-11-13-37(14-12-36)26-7-4-21(16-23(26)29(30,31)32)35-24-6-8-25(38-10-9-33-27(24)38)19-3-5-22-20(15-19)17-34-28(22)39/h3-10,15-18,34-35,39H,11-14H2,1-2H3. The van der Waals surface area contributed by atoms with Gasteiger partial charge < -0.3 is 20.3 Å². The third kappa shape index (κ3) is 4.65. The van der Waals surface area contributed by atoms with Crippen LogP contribution in [0.5, 0.6) is 5.88 Å². The molecule has 0 radical (unpaired) electrons. The van der Waals surface area contributed by atoms with E-state index in [2.05, 4.69) is 34.0 Å². The van der Waals surface area contributed by atoms with Crippen molar-refractivity contribution >= 4 is 33.5 Å². The van der Waals surface area contributed by atoms with Crippen molar-refractivity contribution < 1.29 is 18.3 Å². The van der Waals surface area contributed by atoms with E-state index in [1.165, 1.54) is 6.07 Å². The zero-order chi connectivity index (χ0) is 27.3. The lowest BCUT2D eigenvalue weighted by Crippen LogP contribution is -2.49. The number of benzene rings is 2. The molecule has 0 aliphatic carbocycles. The Kier molecular flexibility index (Phi) is 6.14. The highest BCUT2D eigenvalue weighted by Gasteiger charge is 2.36. The van der Waals surface area contributed by atoms with Gasteiger partial charge >= 0.3 is 6.18 Å². The summed E-state index contributed by atoms with van der Waals surface area (Å²) in [6.07, 6.45) is 0.725. The number of alkyl halides is 3. The van der Waals surface area contributed by atoms with Crippen molar-refractivity contribution in [3.05, 3.63) is 72.7 Å². The molecule has 7 nitrogen and oxygen atoms in total. The summed E-state index contributed by atoms with van der Waals surface area (Å²) in [5.74, 6) is 0.117. The fourth-order valence-corrected chi connectivity index (χ4v) is 5.38. The average molecular weight is 535 g/mol. The number of imidazole rings is 1. The number of rotatable bonds is 5. The van der Waals surface area contributed by atoms with E-state index in [-0.39, 0.29) is 11.6 Å². The van der Waals surface area contributed by atoms with Crippen LogP contribution in [0.1, 0.15) is 19.4 Å². The van der Waals surface area contributed by atoms with Gasteiger partial charge in [0, 0.05) is 73.0 Å². The molecule has 0 bridgehead atoms. The minimum Gasteiger partial charge on any atom is -0.494 e. The van der Waals surface area contributed by atoms with E-state index in [1.54, 1.807) is 24.5 Å². The lowest BCUT2D eigenvalue weighted by molar-refractivity contribution is -0.137. The van der Waals surface area contributed by atoms with Gasteiger partial charge in [-0.1, -0.05) is 6.07 Å². The fourth-order valence-electron chi connectivity index (χ4n) is 5.38. The number of aromatic amines is 1. The molecular formula is C29H29F3N6O. The summed E-state index contributed by atoms with van der Waals surface area (Å²) in [5.41, 5.74) is 2.87. The number of hydrogen-bond acceptors (Lipinski definition) is 5. The zero-order valence-electron chi connectivity index (χ0n) is 21.6. The number of nitrogens with one attached hydrogen (secondary N) is 2. The highest BCUT2D eigenvalue weighted by molar-refractivity contribution is 5.91. The van der Waals surface area contributed by atoms with E-state index < -0.39 is 11.7 Å². The van der Waals surface area contributed by atoms with Gasteiger partial charge in [-0.2, -0.15) is 13.2 Å². The summed E-state index contributed by atoms with van der Waals surface area (Å²) in [6.45, 7) is 6.78. The van der Waals surface area contributed by atoms with E-state index in [0.717, 1.165) is 35.1 Å². The first-order chi connectivity index (χ1) is 18.7. The number of halogens is 3. The number of fused-ring (bicyclic) bond motifs is 2. The number of pyridine rings is 1. The van der Waals surface area contributed by atoms with E-state index in [9.17, 15) is 18.3 Å². The maximum atomic E-state index is 14.2. The normalized spacial score (nSPS) is 15.1. The van der Waals surface area contributed by atoms with Gasteiger partial charge in [0.25, 0.3) is 0 Å². The van der Waals surface area contributed by atoms with Crippen molar-refractivity contribution in [3.8, 4) is 17.1 Å². The van der Waals surface area contributed by atoms with Crippen LogP contribution in [-0.4, -0.2) is 56.6 Å². The molecule has 202 valence electrons. The largest absolute Gasteiger partial charge is 0.494 e. The molecule has 5 aromatic rings. The summed E-state index contributed by atoms with van der Waals surface area (Å²) in [4.78, 5) is 11.4. The predicted octanol–water partition coefficient (Wildman–Crippen LogP) is 6.48. The van der Waals surface area contributed by atoms with Crippen LogP contribution < -0.4 is 10.2 Å². The van der Waals surface area contributed by atoms with Crippen LogP contribution in [0, 0.1) is 0 Å². The molecule has 0 spiro atoms. The molecule has 1 fully saturated rings. The first-order valence-corrected chi connectivity index (χ1v) is 12.9. The maximum Gasteiger partial charge on any atom is 0.418 e. The Morgan fingerprint density at radius 3 is 2.54 bits per heavy atom. The van der Waals surface area contributed by atoms with Crippen molar-refractivity contribution in [1.29, 1.82) is 0 Å². The van der Waals surface area contributed by atoms with Gasteiger partial charge in [0.1, 0.15) is 0 Å². The third-order valence-corrected chi connectivity index (χ3v) is 7.48. The van der Waals surface area contributed by atoms with Crippen molar-refractivity contribution in [3.63, 3.8) is 0 Å². The molecule has 6 rings (SSSR count). The van der Waals surface area contributed by atoms with Crippen LogP contribution in [-0.2, 0) is 6.18 Å². The quantitative estimate of drug-likeness (QED) is 0.241. The molecule has 2 aromatic carbocycles. The number of piperazine rings is 1. The van der Waals surface area contributed by atoms with Gasteiger partial charge in [-0.15, -0.1) is 0 Å². The van der Waals surface area contributed by atoms with Crippen molar-refractivity contribution in [1.82, 2.24) is 19.3 Å². The highest BCUT2D eigenvalue weighted by atomic mass is 19.4. The second-order valence-electron chi connectivity index (χ2n) is 10.2. The van der Waals surface area contributed by atoms with Gasteiger partial charge in [0.05, 0.1) is 16.9 Å². The van der Waals surface area contributed by atoms with Crippen LogP contribution in [0.3, 0.4) is 0 Å². The van der Waals surface area contributed by atoms with E-state index >= 15 is 0 Å². The number of hydrogen-bond donors (Lipinski definition) is 3. The second-order valence-corrected chi connectivity index (χ2v) is 10.2. The molecular weight excluding hydrogens is 505 g/mol. The third-order valence-electron chi connectivity index (χ3n) is 7.48. The van der Waals surface area contributed by atoms with E-state index in [1.807, 2.05) is 45.8 Å². The van der Waals surface area contributed by atoms with E-state index in [4.69, 9.17) is 0 Å². The van der Waals surface area contributed by atoms with Crippen LogP contribution in [0.15, 0.2) is 67.1 Å². The molecule has 0 amide bonds. The molecule has 0 saturated carbocycles. The lowest BCUT2D eigenvalue weighted by Gasteiger charge is -2.39. The predicted molar refractivity (Wildman–Crippen MR) is 148 cm³/mol. The fraction of sp³-hybridized carbons (Fsp3) is 0.276. The number of aromatic nitrogens is 3. The Hall–Kier alpha value is -4.18. The molecule has 3 N–H and O–H groups in total. The summed E-state index contributed by atoms with van der Waals surface area (Å²) >= 11 is 0. The maximum absolute atomic E-state index is 14.2. The lowest BCUT2D eigenvalue weighted by atomic mass is 10.1. The van der Waals surface area contributed by atoms with E-state index in [0.29, 0.717) is 36.2 Å². The molecule has 1 aliphatic heterocycles. The molecule has 0 unspecified atom stereocenters. The summed E-state index contributed by atoms with van der Waals surface area (Å²) in [6, 6.07) is 14.2. The summed E-state index contributed by atoms with van der Waals surface area (Å²) < 4.78 is 44.4. The smallest absolute Gasteiger partial charge is 0.418 e. The Labute approximate surface area is 223 Å². The average Bonchev–Trinajstić information content (AvgIpc) is 3.56. The van der Waals surface area contributed by atoms with Gasteiger partial charge in [-0.25, -0.2) is 4.98 Å². The first-order valence-electron chi connectivity index (χ1n) is 12.9. The monoisotopic (exact) mass is 534 g/mol. The molecule has 39 heavy (non-hydrogen) atoms. The Bertz CT molecular complexity index is 1650. The molecule has 3 aromatic heterocycles. The highest BCUT2D eigenvalue weighted by Crippen LogP contribution is 2.40. The van der Waals surface area contributed by atoms with Crippen LogP contribution in [0.25, 0.3) is 27.7 Å². The molecule has 1 saturated heterocycles. The second kappa shape index (κ2) is 9.53. The van der Waals surface area contributed by atoms with Gasteiger partial charge in [0.2, 0.25) is 0 Å². The molecule has 1 aliphatic rings. The number of nitrogens with zero attached hydrogens (tertiary/aromatic N) is 4. The van der Waals surface area contributed by atoms with Crippen LogP contribution in [0.4, 0.5) is 30.2 Å². The minimum absolute atomic E-state index is 0.117. The van der Waals surface area contributed by atoms with Crippen molar-refractivity contribution in [2.75, 3.05) is 36.4 Å². The Morgan fingerprint density at radius 1 is 1.00 bits per heavy atom. The molecule has 4 heterocycles. The van der Waals surface area contributed by atoms with Crippen molar-refractivity contribution in [2.45, 2.75) is 26.1 Å². The number of H-pyrrole nitrogens is 1. The number of aromatic hydroxyl groups is 1. The van der Waals surface area contributed by atoms with Crippen LogP contribution in [0.2, 0.25) is 0 Å². The minimum atomic E-state index is -4.49. The molecule has 10 heteroatoms. The van der Waals surface area contributed by atoms with Gasteiger partial charge in [0.15, 0.2) is 11.5 Å². The SMILES string of the molecule is CC(C)N1CCN(c2ccc(Nc3ccc(-c4ccc5c(O)[nH]cc5c4)n4ccnc34)cc2C(F)(F)F)CC1. The van der Waals surface area contributed by atoms with Crippen LogP contribution >= 0.6 is 0 Å². The zero-order valence-corrected chi connectivity index (χ0v) is 21.6. The Morgan fingerprint density at radius 2 is 1.79 bits per heavy atom. The summed E-state index contributed by atoms with van der Waals surface area (Å²) in [5, 5.41) is 14.7. The Balaban J connectivity index is 1.31. The first kappa shape index (κ1) is 25.1. The van der Waals surface area contributed by atoms with Crippen molar-refractivity contribution in [2.24, 2.45) is 0 Å².